The molecule has 0 saturated carbocycles. The van der Waals surface area contributed by atoms with Crippen molar-refractivity contribution in [3.8, 4) is 6.07 Å². The summed E-state index contributed by atoms with van der Waals surface area (Å²) in [6.45, 7) is 6.12. The van der Waals surface area contributed by atoms with Gasteiger partial charge in [0.1, 0.15) is 11.1 Å². The van der Waals surface area contributed by atoms with Crippen molar-refractivity contribution in [3.05, 3.63) is 16.0 Å². The summed E-state index contributed by atoms with van der Waals surface area (Å²) in [6, 6.07) is 2.16. The number of carbonyl (C=O) groups is 1. The Morgan fingerprint density at radius 2 is 2.14 bits per heavy atom. The number of amides is 1. The highest BCUT2D eigenvalue weighted by molar-refractivity contribution is 7.16. The van der Waals surface area contributed by atoms with Crippen molar-refractivity contribution >= 4 is 22.2 Å². The van der Waals surface area contributed by atoms with E-state index in [2.05, 4.69) is 16.3 Å². The van der Waals surface area contributed by atoms with Crippen LogP contribution in [0.25, 0.3) is 0 Å². The van der Waals surface area contributed by atoms with Crippen LogP contribution in [0.3, 0.4) is 0 Å². The van der Waals surface area contributed by atoms with Crippen molar-refractivity contribution in [1.82, 2.24) is 4.90 Å². The molecule has 1 amide bonds. The topological polar surface area (TPSA) is 76.4 Å². The Morgan fingerprint density at radius 3 is 2.71 bits per heavy atom. The number of nitriles is 1. The number of rotatable bonds is 4. The van der Waals surface area contributed by atoms with E-state index in [1.54, 1.807) is 0 Å². The molecule has 0 unspecified atom stereocenters. The van der Waals surface area contributed by atoms with Crippen molar-refractivity contribution in [2.24, 2.45) is 5.92 Å². The van der Waals surface area contributed by atoms with Gasteiger partial charge in [-0.2, -0.15) is 5.26 Å². The molecule has 0 radical (unpaired) electrons. The van der Waals surface area contributed by atoms with Crippen LogP contribution in [-0.4, -0.2) is 42.2 Å². The molecule has 114 valence electrons. The summed E-state index contributed by atoms with van der Waals surface area (Å²) in [5, 5.41) is 21.8. The van der Waals surface area contributed by atoms with E-state index in [1.807, 2.05) is 13.8 Å². The first-order chi connectivity index (χ1) is 10.0. The maximum absolute atomic E-state index is 12.1. The Balaban J connectivity index is 1.91. The molecule has 6 heteroatoms. The highest BCUT2D eigenvalue weighted by Gasteiger charge is 2.21. The second-order valence-electron chi connectivity index (χ2n) is 5.55. The summed E-state index contributed by atoms with van der Waals surface area (Å²) >= 11 is 1.45. The largest absolute Gasteiger partial charge is 0.396 e. The van der Waals surface area contributed by atoms with E-state index in [1.165, 1.54) is 11.3 Å². The quantitative estimate of drug-likeness (QED) is 0.890. The molecule has 2 rings (SSSR count). The van der Waals surface area contributed by atoms with E-state index in [4.69, 9.17) is 5.11 Å². The van der Waals surface area contributed by atoms with Gasteiger partial charge in [0.25, 0.3) is 0 Å². The van der Waals surface area contributed by atoms with Gasteiger partial charge in [-0.25, -0.2) is 0 Å². The fourth-order valence-corrected chi connectivity index (χ4v) is 3.57. The number of hydrogen-bond donors (Lipinski definition) is 2. The number of anilines is 1. The average molecular weight is 307 g/mol. The molecule has 1 saturated heterocycles. The minimum Gasteiger partial charge on any atom is -0.396 e. The molecule has 0 atom stereocenters. The molecule has 1 aromatic heterocycles. The summed E-state index contributed by atoms with van der Waals surface area (Å²) in [7, 11) is 0. The summed E-state index contributed by atoms with van der Waals surface area (Å²) in [5.74, 6) is 0.298. The number of likely N-dealkylation sites (tertiary alicyclic amines) is 1. The van der Waals surface area contributed by atoms with Crippen molar-refractivity contribution in [1.29, 1.82) is 5.26 Å². The van der Waals surface area contributed by atoms with Gasteiger partial charge in [-0.1, -0.05) is 0 Å². The summed E-state index contributed by atoms with van der Waals surface area (Å²) < 4.78 is 0. The van der Waals surface area contributed by atoms with Gasteiger partial charge in [-0.05, 0) is 51.3 Å². The number of hydrogen-bond acceptors (Lipinski definition) is 5. The molecule has 0 spiro atoms. The Hall–Kier alpha value is -1.42. The minimum absolute atomic E-state index is 0.0739. The van der Waals surface area contributed by atoms with Crippen LogP contribution in [0.1, 0.15) is 28.8 Å². The van der Waals surface area contributed by atoms with Gasteiger partial charge >= 0.3 is 0 Å². The number of nitrogens with zero attached hydrogens (tertiary/aromatic N) is 2. The smallest absolute Gasteiger partial charge is 0.239 e. The normalized spacial score (nSPS) is 16.7. The van der Waals surface area contributed by atoms with Crippen molar-refractivity contribution in [2.75, 3.05) is 31.6 Å². The van der Waals surface area contributed by atoms with Gasteiger partial charge in [0.05, 0.1) is 12.1 Å². The van der Waals surface area contributed by atoms with Gasteiger partial charge in [0.2, 0.25) is 5.91 Å². The van der Waals surface area contributed by atoms with Crippen molar-refractivity contribution in [2.45, 2.75) is 26.7 Å². The number of thiophene rings is 1. The van der Waals surface area contributed by atoms with Crippen LogP contribution in [0.5, 0.6) is 0 Å². The first-order valence-electron chi connectivity index (χ1n) is 7.18. The molecule has 0 aliphatic carbocycles. The lowest BCUT2D eigenvalue weighted by molar-refractivity contribution is -0.117. The second-order valence-corrected chi connectivity index (χ2v) is 6.77. The van der Waals surface area contributed by atoms with E-state index in [9.17, 15) is 10.1 Å². The number of aryl methyl sites for hydroxylation is 1. The van der Waals surface area contributed by atoms with Gasteiger partial charge in [-0.15, -0.1) is 11.3 Å². The Morgan fingerprint density at radius 1 is 1.48 bits per heavy atom. The Bertz CT molecular complexity index is 554. The maximum atomic E-state index is 12.1. The summed E-state index contributed by atoms with van der Waals surface area (Å²) in [6.07, 6.45) is 1.87. The molecule has 1 fully saturated rings. The van der Waals surface area contributed by atoms with E-state index < -0.39 is 0 Å². The second kappa shape index (κ2) is 7.03. The van der Waals surface area contributed by atoms with Gasteiger partial charge < -0.3 is 10.4 Å². The monoisotopic (exact) mass is 307 g/mol. The van der Waals surface area contributed by atoms with E-state index >= 15 is 0 Å². The number of aliphatic hydroxyl groups excluding tert-OH is 1. The van der Waals surface area contributed by atoms with Crippen LogP contribution in [0, 0.1) is 31.1 Å². The van der Waals surface area contributed by atoms with Crippen LogP contribution < -0.4 is 5.32 Å². The van der Waals surface area contributed by atoms with Crippen LogP contribution in [0.15, 0.2) is 0 Å². The van der Waals surface area contributed by atoms with Crippen molar-refractivity contribution in [3.63, 3.8) is 0 Å². The molecule has 1 aliphatic rings. The Labute approximate surface area is 129 Å². The van der Waals surface area contributed by atoms with E-state index in [-0.39, 0.29) is 12.5 Å². The highest BCUT2D eigenvalue weighted by atomic mass is 32.1. The zero-order valence-corrected chi connectivity index (χ0v) is 13.3. The number of aliphatic hydroxyl groups is 1. The summed E-state index contributed by atoms with van der Waals surface area (Å²) in [5.41, 5.74) is 1.52. The lowest BCUT2D eigenvalue weighted by Crippen LogP contribution is -2.39. The summed E-state index contributed by atoms with van der Waals surface area (Å²) in [4.78, 5) is 15.3. The minimum atomic E-state index is -0.0739. The van der Waals surface area contributed by atoms with E-state index in [0.717, 1.165) is 36.4 Å². The molecular formula is C15H21N3O2S. The van der Waals surface area contributed by atoms with Gasteiger partial charge in [0, 0.05) is 11.5 Å². The van der Waals surface area contributed by atoms with Crippen LogP contribution in [0.2, 0.25) is 0 Å². The highest BCUT2D eigenvalue weighted by Crippen LogP contribution is 2.31. The van der Waals surface area contributed by atoms with Crippen molar-refractivity contribution < 1.29 is 9.90 Å². The van der Waals surface area contributed by atoms with Crippen LogP contribution in [-0.2, 0) is 4.79 Å². The molecule has 1 aromatic rings. The molecule has 1 aliphatic heterocycles. The molecule has 2 N–H and O–H groups in total. The fraction of sp³-hybridized carbons (Fsp3) is 0.600. The Kier molecular flexibility index (Phi) is 5.34. The third kappa shape index (κ3) is 3.82. The standard InChI is InChI=1S/C15H21N3O2S/c1-10-11(2)21-15(13(10)7-16)17-14(20)8-18-5-3-12(9-19)4-6-18/h12,19H,3-6,8-9H2,1-2H3,(H,17,20). The molecule has 0 bridgehead atoms. The van der Waals surface area contributed by atoms with Crippen LogP contribution in [0.4, 0.5) is 5.00 Å². The third-order valence-electron chi connectivity index (χ3n) is 4.08. The van der Waals surface area contributed by atoms with Gasteiger partial charge in [0.15, 0.2) is 0 Å². The first-order valence-corrected chi connectivity index (χ1v) is 8.00. The van der Waals surface area contributed by atoms with Crippen LogP contribution >= 0.6 is 11.3 Å². The third-order valence-corrected chi connectivity index (χ3v) is 5.21. The lowest BCUT2D eigenvalue weighted by atomic mass is 9.98. The van der Waals surface area contributed by atoms with E-state index in [0.29, 0.717) is 23.0 Å². The van der Waals surface area contributed by atoms with Gasteiger partial charge in [-0.3, -0.25) is 9.69 Å². The molecular weight excluding hydrogens is 286 g/mol. The average Bonchev–Trinajstić information content (AvgIpc) is 2.73. The number of piperidine rings is 1. The number of nitrogens with one attached hydrogen (secondary N) is 1. The maximum Gasteiger partial charge on any atom is 0.239 e. The molecule has 0 aromatic carbocycles. The molecule has 21 heavy (non-hydrogen) atoms. The zero-order chi connectivity index (χ0) is 15.4. The molecule has 2 heterocycles. The SMILES string of the molecule is Cc1sc(NC(=O)CN2CCC(CO)CC2)c(C#N)c1C. The zero-order valence-electron chi connectivity index (χ0n) is 12.5. The number of carbonyl (C=O) groups excluding carboxylic acids is 1. The molecule has 5 nitrogen and oxygen atoms in total. The first kappa shape index (κ1) is 16.0. The predicted molar refractivity (Wildman–Crippen MR) is 83.4 cm³/mol. The lowest BCUT2D eigenvalue weighted by Gasteiger charge is -2.30. The fourth-order valence-electron chi connectivity index (χ4n) is 2.55. The predicted octanol–water partition coefficient (Wildman–Crippen LogP) is 1.88.